The number of nitrogens with two attached hydrogens (primary N) is 1. The number of aliphatic imine (C=N–C) groups is 1. The van der Waals surface area contributed by atoms with Crippen LogP contribution in [0.5, 0.6) is 5.75 Å². The summed E-state index contributed by atoms with van der Waals surface area (Å²) in [5.41, 5.74) is 0.489. The first-order chi connectivity index (χ1) is 30.5. The van der Waals surface area contributed by atoms with E-state index in [9.17, 15) is 46.9 Å². The van der Waals surface area contributed by atoms with Crippen LogP contribution in [0.3, 0.4) is 0 Å². The number of hydrogen-bond donors (Lipinski definition) is 5. The zero-order valence-corrected chi connectivity index (χ0v) is 34.9. The van der Waals surface area contributed by atoms with Gasteiger partial charge in [0.2, 0.25) is 40.7 Å². The molecule has 2 rings (SSSR count). The van der Waals surface area contributed by atoms with E-state index in [4.69, 9.17) is 53.2 Å². The SMILES string of the molecule is NN=C(C=NCCOCCOCCOCCOCCOCCOCCNC(=O)CCOCCOCCC(=O)Oc1c(F)c(F)c(F)c(F)c1F)CCO[C@H]1C[C@@H](O)[C@@H](O)[C@@H](CO)O1. The zero-order valence-electron chi connectivity index (χ0n) is 34.9. The average Bonchev–Trinajstić information content (AvgIpc) is 3.27. The molecule has 20 nitrogen and oxygen atoms in total. The van der Waals surface area contributed by atoms with Crippen molar-refractivity contribution in [3.8, 4) is 5.75 Å². The number of halogens is 5. The molecule has 1 aromatic carbocycles. The van der Waals surface area contributed by atoms with Crippen LogP contribution < -0.4 is 15.9 Å². The van der Waals surface area contributed by atoms with Crippen molar-refractivity contribution < 1.29 is 99.0 Å². The molecule has 1 heterocycles. The highest BCUT2D eigenvalue weighted by molar-refractivity contribution is 6.30. The van der Waals surface area contributed by atoms with Crippen LogP contribution in [0.15, 0.2) is 10.1 Å². The van der Waals surface area contributed by atoms with Gasteiger partial charge in [-0.15, -0.1) is 0 Å². The molecule has 1 aliphatic heterocycles. The highest BCUT2D eigenvalue weighted by Gasteiger charge is 2.36. The monoisotopic (exact) mass is 922 g/mol. The Balaban J connectivity index is 1.26. The summed E-state index contributed by atoms with van der Waals surface area (Å²) in [5, 5.41) is 35.2. The maximum absolute atomic E-state index is 13.6. The summed E-state index contributed by atoms with van der Waals surface area (Å²) < 4.78 is 125. The van der Waals surface area contributed by atoms with Crippen LogP contribution in [0.2, 0.25) is 0 Å². The van der Waals surface area contributed by atoms with Gasteiger partial charge in [0.1, 0.15) is 12.2 Å². The van der Waals surface area contributed by atoms with Crippen LogP contribution in [0, 0.1) is 29.1 Å². The molecule has 1 fully saturated rings. The summed E-state index contributed by atoms with van der Waals surface area (Å²) >= 11 is 0. The lowest BCUT2D eigenvalue weighted by atomic mass is 10.0. The predicted molar refractivity (Wildman–Crippen MR) is 209 cm³/mol. The normalized spacial score (nSPS) is 18.1. The van der Waals surface area contributed by atoms with Gasteiger partial charge in [-0.2, -0.15) is 13.9 Å². The van der Waals surface area contributed by atoms with Gasteiger partial charge in [-0.25, -0.2) is 13.2 Å². The van der Waals surface area contributed by atoms with Crippen molar-refractivity contribution in [2.75, 3.05) is 132 Å². The Morgan fingerprint density at radius 2 is 1.14 bits per heavy atom. The molecule has 0 radical (unpaired) electrons. The van der Waals surface area contributed by atoms with Crippen molar-refractivity contribution >= 4 is 23.8 Å². The number of hydrazone groups is 1. The summed E-state index contributed by atoms with van der Waals surface area (Å²) in [7, 11) is 0. The topological polar surface area (TPSA) is 259 Å². The number of carbonyl (C=O) groups excluding carboxylic acids is 2. The van der Waals surface area contributed by atoms with Gasteiger partial charge in [0.25, 0.3) is 0 Å². The predicted octanol–water partition coefficient (Wildman–Crippen LogP) is -0.0620. The molecule has 1 aliphatic rings. The van der Waals surface area contributed by atoms with Gasteiger partial charge in [-0.1, -0.05) is 0 Å². The van der Waals surface area contributed by atoms with E-state index in [-0.39, 0.29) is 64.9 Å². The van der Waals surface area contributed by atoms with Crippen LogP contribution in [0.25, 0.3) is 0 Å². The summed E-state index contributed by atoms with van der Waals surface area (Å²) in [5.74, 6) is -9.20. The van der Waals surface area contributed by atoms with Crippen molar-refractivity contribution in [3.05, 3.63) is 29.1 Å². The minimum Gasteiger partial charge on any atom is -0.420 e. The number of amides is 1. The maximum atomic E-state index is 13.6. The summed E-state index contributed by atoms with van der Waals surface area (Å²) in [4.78, 5) is 27.8. The highest BCUT2D eigenvalue weighted by atomic mass is 19.2. The Morgan fingerprint density at radius 1 is 0.667 bits per heavy atom. The number of rotatable bonds is 37. The van der Waals surface area contributed by atoms with E-state index in [2.05, 4.69) is 20.1 Å². The van der Waals surface area contributed by atoms with Crippen LogP contribution in [-0.2, 0) is 57.0 Å². The van der Waals surface area contributed by atoms with Crippen LogP contribution in [-0.4, -0.2) is 196 Å². The van der Waals surface area contributed by atoms with Crippen molar-refractivity contribution in [1.29, 1.82) is 0 Å². The fourth-order valence-corrected chi connectivity index (χ4v) is 4.95. The van der Waals surface area contributed by atoms with Gasteiger partial charge in [0, 0.05) is 32.0 Å². The van der Waals surface area contributed by atoms with Crippen molar-refractivity contribution in [2.45, 2.75) is 50.3 Å². The van der Waals surface area contributed by atoms with Gasteiger partial charge in [-0.3, -0.25) is 14.6 Å². The minimum absolute atomic E-state index is 0.00479. The maximum Gasteiger partial charge on any atom is 0.313 e. The third kappa shape index (κ3) is 24.3. The molecule has 1 saturated heterocycles. The molecule has 63 heavy (non-hydrogen) atoms. The van der Waals surface area contributed by atoms with Crippen molar-refractivity contribution in [1.82, 2.24) is 5.32 Å². The molecule has 0 aliphatic carbocycles. The lowest BCUT2D eigenvalue weighted by molar-refractivity contribution is -0.256. The van der Waals surface area contributed by atoms with Crippen molar-refractivity contribution in [3.63, 3.8) is 0 Å². The van der Waals surface area contributed by atoms with Gasteiger partial charge >= 0.3 is 5.97 Å². The third-order valence-corrected chi connectivity index (χ3v) is 8.26. The molecule has 25 heteroatoms. The lowest BCUT2D eigenvalue weighted by Crippen LogP contribution is -2.50. The van der Waals surface area contributed by atoms with E-state index >= 15 is 0 Å². The van der Waals surface area contributed by atoms with Gasteiger partial charge in [0.05, 0.1) is 144 Å². The second kappa shape index (κ2) is 34.8. The van der Waals surface area contributed by atoms with E-state index < -0.39 is 78.4 Å². The molecule has 6 N–H and O–H groups in total. The molecule has 0 unspecified atom stereocenters. The number of aliphatic hydroxyl groups is 3. The first-order valence-electron chi connectivity index (χ1n) is 20.1. The molecule has 1 amide bonds. The van der Waals surface area contributed by atoms with Crippen LogP contribution in [0.1, 0.15) is 25.7 Å². The fourth-order valence-electron chi connectivity index (χ4n) is 4.95. The second-order valence-electron chi connectivity index (χ2n) is 13.0. The Kier molecular flexibility index (Phi) is 30.7. The zero-order chi connectivity index (χ0) is 46.1. The average molecular weight is 923 g/mol. The number of carbonyl (C=O) groups is 2. The fraction of sp³-hybridized carbons (Fsp3) is 0.737. The number of esters is 1. The van der Waals surface area contributed by atoms with E-state index in [1.165, 1.54) is 6.21 Å². The first-order valence-corrected chi connectivity index (χ1v) is 20.1. The third-order valence-electron chi connectivity index (χ3n) is 8.26. The van der Waals surface area contributed by atoms with Crippen LogP contribution >= 0.6 is 0 Å². The molecule has 0 spiro atoms. The Labute approximate surface area is 361 Å². The molecule has 0 bridgehead atoms. The Bertz CT molecular complexity index is 1460. The number of nitrogens with zero attached hydrogens (tertiary/aromatic N) is 2. The number of benzene rings is 1. The Morgan fingerprint density at radius 3 is 1.67 bits per heavy atom. The van der Waals surface area contributed by atoms with E-state index in [1.54, 1.807) is 0 Å². The number of hydrogen-bond acceptors (Lipinski definition) is 19. The van der Waals surface area contributed by atoms with E-state index in [0.29, 0.717) is 91.4 Å². The summed E-state index contributed by atoms with van der Waals surface area (Å²) in [6, 6.07) is 0. The molecular formula is C38H59F5N4O16. The second-order valence-corrected chi connectivity index (χ2v) is 13.0. The van der Waals surface area contributed by atoms with Gasteiger partial charge in [-0.05, 0) is 0 Å². The van der Waals surface area contributed by atoms with Crippen molar-refractivity contribution in [2.24, 2.45) is 15.9 Å². The Hall–Kier alpha value is -3.57. The summed E-state index contributed by atoms with van der Waals surface area (Å²) in [6.07, 6.45) is -2.45. The smallest absolute Gasteiger partial charge is 0.313 e. The first kappa shape index (κ1) is 55.6. The molecule has 362 valence electrons. The molecule has 1 aromatic rings. The van der Waals surface area contributed by atoms with E-state index in [0.717, 1.165) is 0 Å². The molecular weight excluding hydrogens is 863 g/mol. The standard InChI is InChI=1S/C38H59F5N4O16/c39-32-33(40)35(42)38(36(43)34(32)41)63-30(51)3-7-54-12-11-53-6-2-29(50)46-5-10-56-14-16-58-18-20-60-22-21-59-19-17-57-15-13-55-9-4-45-24-26(47-44)1-8-61-31-23-27(49)37(52)28(25-48)62-31/h24,27-28,31,37,48-49,52H,1-23,25,44H2,(H,46,50)/t27-,28-,31-,37-/m1/s1. The van der Waals surface area contributed by atoms with Crippen LogP contribution in [0.4, 0.5) is 22.0 Å². The molecule has 0 saturated carbocycles. The highest BCUT2D eigenvalue weighted by Crippen LogP contribution is 2.29. The van der Waals surface area contributed by atoms with E-state index in [1.807, 2.05) is 0 Å². The minimum atomic E-state index is -2.37. The number of aliphatic hydroxyl groups excluding tert-OH is 3. The van der Waals surface area contributed by atoms with Gasteiger partial charge in [0.15, 0.2) is 6.29 Å². The molecule has 0 aromatic heterocycles. The number of nitrogens with one attached hydrogen (secondary N) is 1. The number of ether oxygens (including phenoxy) is 11. The quantitative estimate of drug-likeness (QED) is 0.00674. The largest absolute Gasteiger partial charge is 0.420 e. The summed E-state index contributed by atoms with van der Waals surface area (Å²) in [6.45, 7) is 4.69. The molecule has 4 atom stereocenters. The van der Waals surface area contributed by atoms with Gasteiger partial charge < -0.3 is 78.6 Å². The lowest BCUT2D eigenvalue weighted by Gasteiger charge is -2.36.